The molecule has 14 heteroatoms. The third-order valence-electron chi connectivity index (χ3n) is 6.27. The average Bonchev–Trinajstić information content (AvgIpc) is 3.29. The first-order valence-electron chi connectivity index (χ1n) is 12.0. The summed E-state index contributed by atoms with van der Waals surface area (Å²) in [7, 11) is 1.51. The van der Waals surface area contributed by atoms with Crippen molar-refractivity contribution in [1.82, 2.24) is 34.7 Å². The molecule has 4 aromatic rings. The molecule has 204 valence electrons. The second-order valence-electron chi connectivity index (χ2n) is 8.99. The molecular weight excluding hydrogens is 537 g/mol. The van der Waals surface area contributed by atoms with Crippen LogP contribution in [0.4, 0.5) is 24.9 Å². The molecule has 0 atom stereocenters. The van der Waals surface area contributed by atoms with Crippen molar-refractivity contribution in [2.45, 2.75) is 19.1 Å². The van der Waals surface area contributed by atoms with Crippen LogP contribution in [0.5, 0.6) is 5.75 Å². The highest BCUT2D eigenvalue weighted by atomic mass is 35.5. The van der Waals surface area contributed by atoms with Crippen LogP contribution in [-0.4, -0.2) is 80.1 Å². The third-order valence-corrected chi connectivity index (χ3v) is 6.54. The van der Waals surface area contributed by atoms with E-state index < -0.39 is 18.5 Å². The van der Waals surface area contributed by atoms with Gasteiger partial charge in [-0.3, -0.25) is 9.69 Å². The zero-order valence-corrected chi connectivity index (χ0v) is 21.6. The number of H-pyrrole nitrogens is 1. The van der Waals surface area contributed by atoms with Crippen LogP contribution < -0.4 is 10.1 Å². The Hall–Kier alpha value is -3.97. The molecule has 2 N–H and O–H groups in total. The van der Waals surface area contributed by atoms with Crippen LogP contribution in [0.2, 0.25) is 5.15 Å². The van der Waals surface area contributed by atoms with Gasteiger partial charge in [0.2, 0.25) is 11.9 Å². The SMILES string of the molecule is COc1c(Cl)ncnc1-c1ccc2nc(Nc3cc(CN4CCN(C(=O)CC(F)(F)F)CC4)ccn3)[nH]c2c1. The molecule has 39 heavy (non-hydrogen) atoms. The summed E-state index contributed by atoms with van der Waals surface area (Å²) in [6, 6.07) is 9.36. The number of carbonyl (C=O) groups excluding carboxylic acids is 1. The van der Waals surface area contributed by atoms with Crippen molar-refractivity contribution >= 4 is 40.3 Å². The topological polar surface area (TPSA) is 112 Å². The Bertz CT molecular complexity index is 1490. The molecule has 1 aliphatic rings. The van der Waals surface area contributed by atoms with E-state index in [9.17, 15) is 18.0 Å². The van der Waals surface area contributed by atoms with Gasteiger partial charge in [0.05, 0.1) is 18.1 Å². The van der Waals surface area contributed by atoms with Gasteiger partial charge in [0.25, 0.3) is 0 Å². The number of piperazine rings is 1. The van der Waals surface area contributed by atoms with Gasteiger partial charge in [-0.05, 0) is 29.8 Å². The van der Waals surface area contributed by atoms with Gasteiger partial charge < -0.3 is 19.9 Å². The lowest BCUT2D eigenvalue weighted by molar-refractivity contribution is -0.162. The predicted molar refractivity (Wildman–Crippen MR) is 139 cm³/mol. The second kappa shape index (κ2) is 11.0. The fourth-order valence-electron chi connectivity index (χ4n) is 4.41. The fourth-order valence-corrected chi connectivity index (χ4v) is 4.62. The third kappa shape index (κ3) is 6.37. The number of hydrogen-bond donors (Lipinski definition) is 2. The highest BCUT2D eigenvalue weighted by molar-refractivity contribution is 6.31. The molecule has 0 spiro atoms. The van der Waals surface area contributed by atoms with Crippen molar-refractivity contribution < 1.29 is 22.7 Å². The number of nitrogens with zero attached hydrogens (tertiary/aromatic N) is 6. The number of aromatic nitrogens is 5. The van der Waals surface area contributed by atoms with E-state index in [1.807, 2.05) is 30.3 Å². The number of carbonyl (C=O) groups is 1. The van der Waals surface area contributed by atoms with Crippen LogP contribution in [0.3, 0.4) is 0 Å². The summed E-state index contributed by atoms with van der Waals surface area (Å²) in [6.45, 7) is 2.08. The van der Waals surface area contributed by atoms with Crippen LogP contribution in [0.1, 0.15) is 12.0 Å². The Morgan fingerprint density at radius 3 is 2.67 bits per heavy atom. The number of rotatable bonds is 7. The smallest absolute Gasteiger partial charge is 0.397 e. The molecule has 0 radical (unpaired) electrons. The van der Waals surface area contributed by atoms with Crippen molar-refractivity contribution in [2.75, 3.05) is 38.6 Å². The molecule has 0 aliphatic carbocycles. The summed E-state index contributed by atoms with van der Waals surface area (Å²) >= 11 is 6.14. The molecule has 5 rings (SSSR count). The number of pyridine rings is 1. The van der Waals surface area contributed by atoms with E-state index in [0.717, 1.165) is 22.2 Å². The van der Waals surface area contributed by atoms with Crippen molar-refractivity contribution in [2.24, 2.45) is 0 Å². The molecule has 0 unspecified atom stereocenters. The summed E-state index contributed by atoms with van der Waals surface area (Å²) in [4.78, 5) is 35.6. The summed E-state index contributed by atoms with van der Waals surface area (Å²) in [5, 5.41) is 3.40. The van der Waals surface area contributed by atoms with E-state index in [-0.39, 0.29) is 18.2 Å². The van der Waals surface area contributed by atoms with E-state index in [0.29, 0.717) is 42.8 Å². The van der Waals surface area contributed by atoms with E-state index in [1.54, 1.807) is 6.20 Å². The molecule has 1 fully saturated rings. The Morgan fingerprint density at radius 1 is 1.13 bits per heavy atom. The monoisotopic (exact) mass is 560 g/mol. The number of ether oxygens (including phenoxy) is 1. The van der Waals surface area contributed by atoms with Crippen molar-refractivity contribution in [3.63, 3.8) is 0 Å². The Kier molecular flexibility index (Phi) is 7.53. The molecule has 0 saturated carbocycles. The van der Waals surface area contributed by atoms with Crippen LogP contribution >= 0.6 is 11.6 Å². The highest BCUT2D eigenvalue weighted by Gasteiger charge is 2.34. The normalized spacial score (nSPS) is 14.5. The maximum Gasteiger partial charge on any atom is 0.397 e. The van der Waals surface area contributed by atoms with E-state index in [1.165, 1.54) is 18.3 Å². The lowest BCUT2D eigenvalue weighted by Crippen LogP contribution is -2.49. The lowest BCUT2D eigenvalue weighted by Gasteiger charge is -2.35. The molecule has 4 heterocycles. The van der Waals surface area contributed by atoms with Gasteiger partial charge in [-0.15, -0.1) is 0 Å². The first kappa shape index (κ1) is 26.6. The van der Waals surface area contributed by atoms with Gasteiger partial charge in [-0.1, -0.05) is 17.7 Å². The minimum atomic E-state index is -4.49. The first-order chi connectivity index (χ1) is 18.7. The fraction of sp³-hybridized carbons (Fsp3) is 0.320. The van der Waals surface area contributed by atoms with Crippen LogP contribution in [-0.2, 0) is 11.3 Å². The van der Waals surface area contributed by atoms with Gasteiger partial charge in [0.1, 0.15) is 24.3 Å². The standard InChI is InChI=1S/C25H24ClF3N8O2/c1-39-22-21(31-14-32-23(22)26)16-2-3-17-18(11-16)34-24(33-17)35-19-10-15(4-5-30-19)13-36-6-8-37(9-7-36)20(38)12-25(27,28)29/h2-5,10-11,14H,6-9,12-13H2,1H3,(H2,30,33,34,35). The molecule has 0 bridgehead atoms. The summed E-state index contributed by atoms with van der Waals surface area (Å²) < 4.78 is 42.9. The molecule has 1 aliphatic heterocycles. The van der Waals surface area contributed by atoms with Crippen LogP contribution in [0.25, 0.3) is 22.3 Å². The predicted octanol–water partition coefficient (Wildman–Crippen LogP) is 4.42. The average molecular weight is 561 g/mol. The maximum absolute atomic E-state index is 12.5. The van der Waals surface area contributed by atoms with Gasteiger partial charge in [0, 0.05) is 44.5 Å². The zero-order chi connectivity index (χ0) is 27.6. The van der Waals surface area contributed by atoms with Gasteiger partial charge in [0.15, 0.2) is 10.9 Å². The number of halogens is 4. The minimum Gasteiger partial charge on any atom is -0.491 e. The Balaban J connectivity index is 1.23. The van der Waals surface area contributed by atoms with Crippen molar-refractivity contribution in [1.29, 1.82) is 0 Å². The number of amides is 1. The molecule has 1 amide bonds. The number of methoxy groups -OCH3 is 1. The van der Waals surface area contributed by atoms with E-state index in [4.69, 9.17) is 16.3 Å². The maximum atomic E-state index is 12.5. The number of benzene rings is 1. The number of alkyl halides is 3. The van der Waals surface area contributed by atoms with Gasteiger partial charge >= 0.3 is 6.18 Å². The molecular formula is C25H24ClF3N8O2. The zero-order valence-electron chi connectivity index (χ0n) is 20.8. The van der Waals surface area contributed by atoms with Gasteiger partial charge in [-0.2, -0.15) is 13.2 Å². The number of nitrogens with one attached hydrogen (secondary N) is 2. The van der Waals surface area contributed by atoms with Crippen LogP contribution in [0, 0.1) is 0 Å². The number of hydrogen-bond acceptors (Lipinski definition) is 8. The quantitative estimate of drug-likeness (QED) is 0.320. The number of imidazole rings is 1. The first-order valence-corrected chi connectivity index (χ1v) is 12.4. The van der Waals surface area contributed by atoms with Crippen molar-refractivity contribution in [3.8, 4) is 17.0 Å². The molecule has 1 aromatic carbocycles. The second-order valence-corrected chi connectivity index (χ2v) is 9.34. The number of fused-ring (bicyclic) bond motifs is 1. The lowest BCUT2D eigenvalue weighted by atomic mass is 10.1. The van der Waals surface area contributed by atoms with E-state index in [2.05, 4.69) is 35.1 Å². The largest absolute Gasteiger partial charge is 0.491 e. The Morgan fingerprint density at radius 2 is 1.92 bits per heavy atom. The summed E-state index contributed by atoms with van der Waals surface area (Å²) in [5.41, 5.74) is 3.80. The molecule has 10 nitrogen and oxygen atoms in total. The van der Waals surface area contributed by atoms with Crippen molar-refractivity contribution in [3.05, 3.63) is 53.6 Å². The highest BCUT2D eigenvalue weighted by Crippen LogP contribution is 2.34. The number of anilines is 2. The minimum absolute atomic E-state index is 0.220. The molecule has 3 aromatic heterocycles. The van der Waals surface area contributed by atoms with E-state index >= 15 is 0 Å². The van der Waals surface area contributed by atoms with Gasteiger partial charge in [-0.25, -0.2) is 19.9 Å². The summed E-state index contributed by atoms with van der Waals surface area (Å²) in [5.74, 6) is 0.577. The van der Waals surface area contributed by atoms with Crippen LogP contribution in [0.15, 0.2) is 42.9 Å². The summed E-state index contributed by atoms with van der Waals surface area (Å²) in [6.07, 6.45) is -2.86. The number of aromatic amines is 1. The Labute approximate surface area is 226 Å². The molecule has 1 saturated heterocycles.